The number of piperidine rings is 2. The van der Waals surface area contributed by atoms with Crippen LogP contribution in [-0.2, 0) is 6.54 Å². The monoisotopic (exact) mass is 485 g/mol. The molecule has 2 aliphatic heterocycles. The maximum atomic E-state index is 13.0. The van der Waals surface area contributed by atoms with Gasteiger partial charge in [0, 0.05) is 23.7 Å². The predicted molar refractivity (Wildman–Crippen MR) is 132 cm³/mol. The smallest absolute Gasteiger partial charge is 0.251 e. The molecule has 8 heteroatoms. The lowest BCUT2D eigenvalue weighted by Gasteiger charge is -2.48. The van der Waals surface area contributed by atoms with Gasteiger partial charge in [0.25, 0.3) is 5.91 Å². The molecular weight excluding hydrogens is 458 g/mol. The number of hydrogen-bond acceptors (Lipinski definition) is 6. The van der Waals surface area contributed by atoms with Crippen LogP contribution in [0.15, 0.2) is 36.4 Å². The zero-order valence-corrected chi connectivity index (χ0v) is 20.4. The molecule has 2 unspecified atom stereocenters. The van der Waals surface area contributed by atoms with Crippen LogP contribution in [-0.4, -0.2) is 48.1 Å². The fourth-order valence-corrected chi connectivity index (χ4v) is 6.56. The van der Waals surface area contributed by atoms with Crippen LogP contribution in [0.1, 0.15) is 47.5 Å². The molecule has 2 fully saturated rings. The van der Waals surface area contributed by atoms with Crippen molar-refractivity contribution in [1.82, 2.24) is 15.2 Å². The molecule has 174 valence electrons. The van der Waals surface area contributed by atoms with E-state index in [1.165, 1.54) is 6.42 Å². The molecule has 1 amide bonds. The molecule has 1 N–H and O–H groups in total. The van der Waals surface area contributed by atoms with Gasteiger partial charge in [-0.25, -0.2) is 4.98 Å². The average molecular weight is 486 g/mol. The molecule has 1 aromatic heterocycles. The molecule has 3 aromatic rings. The van der Waals surface area contributed by atoms with Gasteiger partial charge in [0.15, 0.2) is 11.5 Å². The lowest BCUT2D eigenvalue weighted by Crippen LogP contribution is -2.56. The van der Waals surface area contributed by atoms with E-state index in [2.05, 4.69) is 16.3 Å². The second-order valence-corrected chi connectivity index (χ2v) is 10.3. The number of benzene rings is 2. The Balaban J connectivity index is 1.27. The molecule has 0 aliphatic carbocycles. The Morgan fingerprint density at radius 1 is 1.15 bits per heavy atom. The first kappa shape index (κ1) is 22.4. The van der Waals surface area contributed by atoms with E-state index < -0.39 is 0 Å². The number of nitrogens with one attached hydrogen (secondary N) is 1. The Labute approximate surface area is 202 Å². The van der Waals surface area contributed by atoms with Crippen molar-refractivity contribution in [3.63, 3.8) is 0 Å². The Morgan fingerprint density at radius 2 is 1.91 bits per heavy atom. The third kappa shape index (κ3) is 4.54. The van der Waals surface area contributed by atoms with Crippen LogP contribution in [0.4, 0.5) is 0 Å². The van der Waals surface area contributed by atoms with Gasteiger partial charge in [-0.05, 0) is 56.0 Å². The molecule has 0 saturated carbocycles. The van der Waals surface area contributed by atoms with Gasteiger partial charge in [-0.1, -0.05) is 24.1 Å². The highest BCUT2D eigenvalue weighted by Gasteiger charge is 2.39. The number of halogens is 1. The summed E-state index contributed by atoms with van der Waals surface area (Å²) in [6.07, 6.45) is 5.48. The summed E-state index contributed by atoms with van der Waals surface area (Å²) in [5.41, 5.74) is 1.49. The lowest BCUT2D eigenvalue weighted by molar-refractivity contribution is 0.0177. The summed E-state index contributed by atoms with van der Waals surface area (Å²) < 4.78 is 11.8. The van der Waals surface area contributed by atoms with E-state index in [9.17, 15) is 4.79 Å². The molecule has 6 nitrogen and oxygen atoms in total. The molecule has 2 bridgehead atoms. The Hall–Kier alpha value is -2.35. The normalized spacial score (nSPS) is 22.8. The zero-order chi connectivity index (χ0) is 22.9. The molecular formula is C25H28ClN3O3S. The van der Waals surface area contributed by atoms with Gasteiger partial charge in [0.05, 0.1) is 30.5 Å². The number of carbonyl (C=O) groups excluding carboxylic acids is 1. The van der Waals surface area contributed by atoms with E-state index in [1.807, 2.05) is 12.1 Å². The summed E-state index contributed by atoms with van der Waals surface area (Å²) in [7, 11) is 3.17. The Morgan fingerprint density at radius 3 is 2.61 bits per heavy atom. The molecule has 33 heavy (non-hydrogen) atoms. The lowest BCUT2D eigenvalue weighted by atomic mass is 9.81. The van der Waals surface area contributed by atoms with Crippen LogP contribution in [0.3, 0.4) is 0 Å². The summed E-state index contributed by atoms with van der Waals surface area (Å²) in [5.74, 6) is 1.12. The van der Waals surface area contributed by atoms with E-state index in [-0.39, 0.29) is 11.9 Å². The second-order valence-electron chi connectivity index (χ2n) is 8.82. The number of carbonyl (C=O) groups is 1. The molecule has 2 atom stereocenters. The summed E-state index contributed by atoms with van der Waals surface area (Å²) >= 11 is 8.07. The number of amides is 1. The van der Waals surface area contributed by atoms with Crippen molar-refractivity contribution in [3.8, 4) is 11.5 Å². The first-order valence-electron chi connectivity index (χ1n) is 11.4. The fourth-order valence-electron chi connectivity index (χ4n) is 5.29. The number of para-hydroxylation sites is 1. The molecule has 3 heterocycles. The number of hydrogen-bond donors (Lipinski definition) is 1. The summed E-state index contributed by atoms with van der Waals surface area (Å²) in [6, 6.07) is 12.3. The van der Waals surface area contributed by atoms with Crippen molar-refractivity contribution in [2.24, 2.45) is 0 Å². The Bertz CT molecular complexity index is 1150. The van der Waals surface area contributed by atoms with Gasteiger partial charge in [-0.15, -0.1) is 11.3 Å². The van der Waals surface area contributed by atoms with E-state index >= 15 is 0 Å². The van der Waals surface area contributed by atoms with Gasteiger partial charge in [-0.2, -0.15) is 0 Å². The number of methoxy groups -OCH3 is 2. The van der Waals surface area contributed by atoms with Crippen LogP contribution < -0.4 is 14.8 Å². The van der Waals surface area contributed by atoms with Crippen LogP contribution >= 0.6 is 22.9 Å². The molecule has 2 aliphatic rings. The zero-order valence-electron chi connectivity index (χ0n) is 18.8. The number of fused-ring (bicyclic) bond motifs is 3. The first-order valence-corrected chi connectivity index (χ1v) is 12.6. The summed E-state index contributed by atoms with van der Waals surface area (Å²) in [4.78, 5) is 20.4. The van der Waals surface area contributed by atoms with Gasteiger partial charge in [-0.3, -0.25) is 9.69 Å². The van der Waals surface area contributed by atoms with E-state index in [0.29, 0.717) is 34.2 Å². The van der Waals surface area contributed by atoms with Crippen molar-refractivity contribution in [2.45, 2.75) is 56.8 Å². The topological polar surface area (TPSA) is 63.7 Å². The van der Waals surface area contributed by atoms with Crippen LogP contribution in [0.25, 0.3) is 10.2 Å². The minimum absolute atomic E-state index is 0.0618. The number of rotatable bonds is 6. The van der Waals surface area contributed by atoms with E-state index in [1.54, 1.807) is 43.8 Å². The average Bonchev–Trinajstić information content (AvgIpc) is 3.23. The van der Waals surface area contributed by atoms with Gasteiger partial charge >= 0.3 is 0 Å². The highest BCUT2D eigenvalue weighted by Crippen LogP contribution is 2.37. The fraction of sp³-hybridized carbons (Fsp3) is 0.440. The quantitative estimate of drug-likeness (QED) is 0.514. The third-order valence-electron chi connectivity index (χ3n) is 6.84. The van der Waals surface area contributed by atoms with Crippen LogP contribution in [0, 0.1) is 0 Å². The molecule has 2 aromatic carbocycles. The Kier molecular flexibility index (Phi) is 6.45. The van der Waals surface area contributed by atoms with Gasteiger partial charge < -0.3 is 14.8 Å². The van der Waals surface area contributed by atoms with Crippen molar-refractivity contribution in [3.05, 3.63) is 52.0 Å². The maximum Gasteiger partial charge on any atom is 0.251 e. The number of thiazole rings is 1. The number of nitrogens with zero attached hydrogens (tertiary/aromatic N) is 2. The summed E-state index contributed by atoms with van der Waals surface area (Å²) in [5, 5.41) is 5.10. The SMILES string of the molecule is COc1ccc(C(=O)NC2CC3CCCC(C2)N3Cc2nc3c(Cl)cccc3s2)cc1OC. The van der Waals surface area contributed by atoms with Crippen LogP contribution in [0.5, 0.6) is 11.5 Å². The maximum absolute atomic E-state index is 13.0. The van der Waals surface area contributed by atoms with Crippen molar-refractivity contribution in [2.75, 3.05) is 14.2 Å². The standard InChI is InChI=1S/C25H28ClN3O3S/c1-31-20-10-9-15(11-21(20)32-2)25(30)27-16-12-17-5-3-6-18(13-16)29(17)14-23-28-24-19(26)7-4-8-22(24)33-23/h4,7-11,16-18H,3,5-6,12-14H2,1-2H3,(H,27,30). The third-order valence-corrected chi connectivity index (χ3v) is 8.15. The highest BCUT2D eigenvalue weighted by molar-refractivity contribution is 7.18. The minimum Gasteiger partial charge on any atom is -0.493 e. The largest absolute Gasteiger partial charge is 0.493 e. The molecule has 2 saturated heterocycles. The van der Waals surface area contributed by atoms with E-state index in [0.717, 1.165) is 47.5 Å². The van der Waals surface area contributed by atoms with Gasteiger partial charge in [0.1, 0.15) is 10.5 Å². The first-order chi connectivity index (χ1) is 16.1. The van der Waals surface area contributed by atoms with Gasteiger partial charge in [0.2, 0.25) is 0 Å². The summed E-state index contributed by atoms with van der Waals surface area (Å²) in [6.45, 7) is 0.849. The molecule has 0 radical (unpaired) electrons. The highest BCUT2D eigenvalue weighted by atomic mass is 35.5. The number of ether oxygens (including phenoxy) is 2. The predicted octanol–water partition coefficient (Wildman–Crippen LogP) is 5.28. The van der Waals surface area contributed by atoms with Crippen molar-refractivity contribution < 1.29 is 14.3 Å². The van der Waals surface area contributed by atoms with Crippen LogP contribution in [0.2, 0.25) is 5.02 Å². The van der Waals surface area contributed by atoms with Crippen molar-refractivity contribution in [1.29, 1.82) is 0 Å². The second kappa shape index (κ2) is 9.49. The van der Waals surface area contributed by atoms with Crippen molar-refractivity contribution >= 4 is 39.1 Å². The number of aromatic nitrogens is 1. The minimum atomic E-state index is -0.0618. The van der Waals surface area contributed by atoms with E-state index in [4.69, 9.17) is 26.1 Å². The molecule has 0 spiro atoms. The molecule has 5 rings (SSSR count).